The van der Waals surface area contributed by atoms with Crippen molar-refractivity contribution in [1.29, 1.82) is 0 Å². The molecule has 0 aliphatic rings. The summed E-state index contributed by atoms with van der Waals surface area (Å²) in [5.74, 6) is -0.485. The number of alkyl halides is 3. The van der Waals surface area contributed by atoms with Crippen LogP contribution in [0.4, 0.5) is 18.9 Å². The number of aromatic nitrogens is 2. The Hall–Kier alpha value is -2.31. The molecule has 0 spiro atoms. The van der Waals surface area contributed by atoms with Crippen molar-refractivity contribution in [3.8, 4) is 0 Å². The summed E-state index contributed by atoms with van der Waals surface area (Å²) in [5, 5.41) is 6.40. The maximum absolute atomic E-state index is 12.4. The Balaban J connectivity index is 2.12. The van der Waals surface area contributed by atoms with E-state index in [1.165, 1.54) is 10.9 Å². The molecule has 2 aromatic rings. The number of carbonyl (C=O) groups is 1. The number of nitrogens with one attached hydrogen (secondary N) is 1. The van der Waals surface area contributed by atoms with Crippen molar-refractivity contribution < 1.29 is 18.0 Å². The van der Waals surface area contributed by atoms with E-state index in [0.29, 0.717) is 5.69 Å². The second-order valence-corrected chi connectivity index (χ2v) is 3.93. The molecule has 4 nitrogen and oxygen atoms in total. The molecule has 0 saturated carbocycles. The van der Waals surface area contributed by atoms with Crippen LogP contribution < -0.4 is 5.32 Å². The Morgan fingerprint density at radius 3 is 2.37 bits per heavy atom. The normalized spacial score (nSPS) is 11.4. The van der Waals surface area contributed by atoms with Crippen LogP contribution in [-0.2, 0) is 13.2 Å². The van der Waals surface area contributed by atoms with E-state index in [1.54, 1.807) is 13.2 Å². The zero-order valence-electron chi connectivity index (χ0n) is 9.90. The second-order valence-electron chi connectivity index (χ2n) is 3.93. The summed E-state index contributed by atoms with van der Waals surface area (Å²) in [6, 6.07) is 4.01. The zero-order valence-corrected chi connectivity index (χ0v) is 9.90. The SMILES string of the molecule is Cn1cc(NC(=O)c2ccc(C(F)(F)F)cc2)cn1. The number of hydrogen-bond donors (Lipinski definition) is 1. The number of benzene rings is 1. The first-order chi connectivity index (χ1) is 8.86. The van der Waals surface area contributed by atoms with Gasteiger partial charge >= 0.3 is 6.18 Å². The largest absolute Gasteiger partial charge is 0.416 e. The number of amides is 1. The minimum Gasteiger partial charge on any atom is -0.319 e. The molecule has 2 rings (SSSR count). The van der Waals surface area contributed by atoms with Gasteiger partial charge in [-0.15, -0.1) is 0 Å². The smallest absolute Gasteiger partial charge is 0.319 e. The summed E-state index contributed by atoms with van der Waals surface area (Å²) in [6.45, 7) is 0. The summed E-state index contributed by atoms with van der Waals surface area (Å²) in [6.07, 6.45) is -1.37. The van der Waals surface area contributed by atoms with Gasteiger partial charge in [0.2, 0.25) is 0 Å². The first-order valence-electron chi connectivity index (χ1n) is 5.33. The number of halogens is 3. The van der Waals surface area contributed by atoms with Crippen LogP contribution >= 0.6 is 0 Å². The molecular weight excluding hydrogens is 259 g/mol. The van der Waals surface area contributed by atoms with Gasteiger partial charge in [0.1, 0.15) is 0 Å². The molecule has 100 valence electrons. The Bertz CT molecular complexity index is 587. The lowest BCUT2D eigenvalue weighted by atomic mass is 10.1. The second kappa shape index (κ2) is 4.75. The van der Waals surface area contributed by atoms with Gasteiger partial charge in [0.25, 0.3) is 5.91 Å². The van der Waals surface area contributed by atoms with E-state index in [4.69, 9.17) is 0 Å². The molecule has 1 N–H and O–H groups in total. The molecule has 1 aromatic carbocycles. The highest BCUT2D eigenvalue weighted by Gasteiger charge is 2.30. The van der Waals surface area contributed by atoms with E-state index in [9.17, 15) is 18.0 Å². The molecule has 19 heavy (non-hydrogen) atoms. The van der Waals surface area contributed by atoms with Crippen LogP contribution in [0.25, 0.3) is 0 Å². The van der Waals surface area contributed by atoms with Gasteiger partial charge in [0, 0.05) is 18.8 Å². The first-order valence-corrected chi connectivity index (χ1v) is 5.33. The van der Waals surface area contributed by atoms with E-state index in [-0.39, 0.29) is 5.56 Å². The van der Waals surface area contributed by atoms with Crippen molar-refractivity contribution in [1.82, 2.24) is 9.78 Å². The van der Waals surface area contributed by atoms with E-state index in [1.807, 2.05) is 0 Å². The monoisotopic (exact) mass is 269 g/mol. The van der Waals surface area contributed by atoms with Gasteiger partial charge in [-0.2, -0.15) is 18.3 Å². The topological polar surface area (TPSA) is 46.9 Å². The lowest BCUT2D eigenvalue weighted by molar-refractivity contribution is -0.137. The van der Waals surface area contributed by atoms with Crippen LogP contribution in [0.1, 0.15) is 15.9 Å². The van der Waals surface area contributed by atoms with Crippen molar-refractivity contribution in [3.05, 3.63) is 47.8 Å². The quantitative estimate of drug-likeness (QED) is 0.911. The van der Waals surface area contributed by atoms with E-state index >= 15 is 0 Å². The molecule has 0 radical (unpaired) electrons. The van der Waals surface area contributed by atoms with Crippen LogP contribution in [-0.4, -0.2) is 15.7 Å². The molecule has 1 amide bonds. The highest BCUT2D eigenvalue weighted by Crippen LogP contribution is 2.29. The number of anilines is 1. The first kappa shape index (κ1) is 13.1. The number of aryl methyl sites for hydroxylation is 1. The van der Waals surface area contributed by atoms with Crippen LogP contribution in [0, 0.1) is 0 Å². The predicted molar refractivity (Wildman–Crippen MR) is 62.6 cm³/mol. The summed E-state index contributed by atoms with van der Waals surface area (Å²) in [7, 11) is 1.69. The van der Waals surface area contributed by atoms with E-state index in [2.05, 4.69) is 10.4 Å². The fourth-order valence-corrected chi connectivity index (χ4v) is 1.50. The van der Waals surface area contributed by atoms with Gasteiger partial charge in [0.05, 0.1) is 17.4 Å². The minimum atomic E-state index is -4.40. The van der Waals surface area contributed by atoms with E-state index < -0.39 is 17.6 Å². The van der Waals surface area contributed by atoms with Gasteiger partial charge in [-0.25, -0.2) is 0 Å². The molecule has 0 fully saturated rings. The molecule has 1 heterocycles. The number of carbonyl (C=O) groups excluding carboxylic acids is 1. The highest BCUT2D eigenvalue weighted by atomic mass is 19.4. The molecule has 0 unspecified atom stereocenters. The lowest BCUT2D eigenvalue weighted by Gasteiger charge is -2.07. The lowest BCUT2D eigenvalue weighted by Crippen LogP contribution is -2.12. The maximum Gasteiger partial charge on any atom is 0.416 e. The number of rotatable bonds is 2. The summed E-state index contributed by atoms with van der Waals surface area (Å²) < 4.78 is 38.6. The third kappa shape index (κ3) is 3.12. The third-order valence-electron chi connectivity index (χ3n) is 2.44. The van der Waals surface area contributed by atoms with Crippen molar-refractivity contribution in [2.45, 2.75) is 6.18 Å². The molecule has 7 heteroatoms. The van der Waals surface area contributed by atoms with Gasteiger partial charge in [0.15, 0.2) is 0 Å². The summed E-state index contributed by atoms with van der Waals surface area (Å²) >= 11 is 0. The molecule has 0 aliphatic carbocycles. The maximum atomic E-state index is 12.4. The van der Waals surface area contributed by atoms with Crippen molar-refractivity contribution in [2.24, 2.45) is 7.05 Å². The highest BCUT2D eigenvalue weighted by molar-refractivity contribution is 6.04. The van der Waals surface area contributed by atoms with Gasteiger partial charge in [-0.05, 0) is 24.3 Å². The van der Waals surface area contributed by atoms with Crippen LogP contribution in [0.15, 0.2) is 36.7 Å². The average molecular weight is 269 g/mol. The summed E-state index contributed by atoms with van der Waals surface area (Å²) in [4.78, 5) is 11.8. The van der Waals surface area contributed by atoms with Crippen LogP contribution in [0.2, 0.25) is 0 Å². The molecule has 0 aliphatic heterocycles. The van der Waals surface area contributed by atoms with Gasteiger partial charge in [-0.1, -0.05) is 0 Å². The standard InChI is InChI=1S/C12H10F3N3O/c1-18-7-10(6-16-18)17-11(19)8-2-4-9(5-3-8)12(13,14)15/h2-7H,1H3,(H,17,19). The Morgan fingerprint density at radius 2 is 1.89 bits per heavy atom. The molecular formula is C12H10F3N3O. The van der Waals surface area contributed by atoms with E-state index in [0.717, 1.165) is 24.3 Å². The Labute approximate surface area is 106 Å². The van der Waals surface area contributed by atoms with Crippen molar-refractivity contribution >= 4 is 11.6 Å². The molecule has 0 saturated heterocycles. The Morgan fingerprint density at radius 1 is 1.26 bits per heavy atom. The fraction of sp³-hybridized carbons (Fsp3) is 0.167. The molecule has 1 aromatic heterocycles. The average Bonchev–Trinajstić information content (AvgIpc) is 2.74. The number of hydrogen-bond acceptors (Lipinski definition) is 2. The van der Waals surface area contributed by atoms with Crippen molar-refractivity contribution in [3.63, 3.8) is 0 Å². The zero-order chi connectivity index (χ0) is 14.0. The molecule has 0 bridgehead atoms. The summed E-state index contributed by atoms with van der Waals surface area (Å²) in [5.41, 5.74) is -0.158. The van der Waals surface area contributed by atoms with Gasteiger partial charge < -0.3 is 5.32 Å². The van der Waals surface area contributed by atoms with Crippen LogP contribution in [0.3, 0.4) is 0 Å². The third-order valence-corrected chi connectivity index (χ3v) is 2.44. The predicted octanol–water partition coefficient (Wildman–Crippen LogP) is 2.69. The molecule has 0 atom stereocenters. The number of nitrogens with zero attached hydrogens (tertiary/aromatic N) is 2. The van der Waals surface area contributed by atoms with Gasteiger partial charge in [-0.3, -0.25) is 9.48 Å². The minimum absolute atomic E-state index is 0.150. The van der Waals surface area contributed by atoms with Crippen molar-refractivity contribution in [2.75, 3.05) is 5.32 Å². The van der Waals surface area contributed by atoms with Crippen LogP contribution in [0.5, 0.6) is 0 Å². The Kier molecular flexibility index (Phi) is 3.28. The fourth-order valence-electron chi connectivity index (χ4n) is 1.50.